The van der Waals surface area contributed by atoms with Crippen LogP contribution in [0.3, 0.4) is 0 Å². The number of ether oxygens (including phenoxy) is 2. The van der Waals surface area contributed by atoms with E-state index < -0.39 is 10.8 Å². The number of rotatable bonds is 8. The molecule has 180 valence electrons. The van der Waals surface area contributed by atoms with E-state index in [2.05, 4.69) is 10.1 Å². The summed E-state index contributed by atoms with van der Waals surface area (Å²) in [6, 6.07) is 11.7. The van der Waals surface area contributed by atoms with E-state index in [9.17, 15) is 14.9 Å². The van der Waals surface area contributed by atoms with Gasteiger partial charge >= 0.3 is 0 Å². The van der Waals surface area contributed by atoms with E-state index in [1.54, 1.807) is 0 Å². The second kappa shape index (κ2) is 10.1. The van der Waals surface area contributed by atoms with Crippen LogP contribution in [-0.4, -0.2) is 45.1 Å². The zero-order valence-electron chi connectivity index (χ0n) is 19.3. The Bertz CT molecular complexity index is 1300. The Morgan fingerprint density at radius 3 is 2.69 bits per heavy atom. The van der Waals surface area contributed by atoms with Crippen LogP contribution in [0.25, 0.3) is 6.08 Å². The molecule has 0 atom stereocenters. The van der Waals surface area contributed by atoms with Gasteiger partial charge in [0.2, 0.25) is 5.17 Å². The Kier molecular flexibility index (Phi) is 6.97. The van der Waals surface area contributed by atoms with E-state index in [-0.39, 0.29) is 41.8 Å². The highest BCUT2D eigenvalue weighted by atomic mass is 32.2. The Labute approximate surface area is 206 Å². The van der Waals surface area contributed by atoms with Gasteiger partial charge in [0.25, 0.3) is 11.6 Å². The number of nitrogens with one attached hydrogen (secondary N) is 1. The van der Waals surface area contributed by atoms with Gasteiger partial charge in [-0.25, -0.2) is 0 Å². The number of fused-ring (bicyclic) bond motifs is 1. The van der Waals surface area contributed by atoms with Gasteiger partial charge in [0.1, 0.15) is 29.8 Å². The average molecular weight is 494 g/mol. The van der Waals surface area contributed by atoms with Crippen LogP contribution < -0.4 is 9.47 Å². The molecule has 2 aromatic rings. The lowest BCUT2D eigenvalue weighted by Crippen LogP contribution is -2.35. The number of aliphatic imine (C=N–C) groups is 1. The molecule has 1 amide bonds. The number of thioether (sulfide) groups is 1. The maximum absolute atomic E-state index is 12.7. The van der Waals surface area contributed by atoms with Gasteiger partial charge in [0.15, 0.2) is 5.84 Å². The Hall–Kier alpha value is -3.99. The van der Waals surface area contributed by atoms with E-state index in [0.717, 1.165) is 10.6 Å². The van der Waals surface area contributed by atoms with Gasteiger partial charge < -0.3 is 9.47 Å². The molecule has 0 spiro atoms. The van der Waals surface area contributed by atoms with Gasteiger partial charge in [-0.15, -0.1) is 0 Å². The van der Waals surface area contributed by atoms with Crippen molar-refractivity contribution in [2.45, 2.75) is 20.8 Å². The van der Waals surface area contributed by atoms with Crippen molar-refractivity contribution >= 4 is 45.5 Å². The molecular formula is C24H23N5O5S. The molecule has 4 rings (SSSR count). The molecule has 0 radical (unpaired) electrons. The molecule has 0 fully saturated rings. The smallest absolute Gasteiger partial charge is 0.283 e. The van der Waals surface area contributed by atoms with Crippen molar-refractivity contribution in [1.29, 1.82) is 5.41 Å². The third kappa shape index (κ3) is 5.40. The predicted molar refractivity (Wildman–Crippen MR) is 135 cm³/mol. The topological polar surface area (TPSA) is 130 Å². The zero-order valence-corrected chi connectivity index (χ0v) is 20.2. The first kappa shape index (κ1) is 24.1. The number of nitrogens with zero attached hydrogens (tertiary/aromatic N) is 4. The van der Waals surface area contributed by atoms with Crippen molar-refractivity contribution < 1.29 is 19.2 Å². The van der Waals surface area contributed by atoms with Crippen LogP contribution >= 0.6 is 11.8 Å². The van der Waals surface area contributed by atoms with Crippen LogP contribution in [0.4, 0.5) is 5.69 Å². The third-order valence-electron chi connectivity index (χ3n) is 5.07. The summed E-state index contributed by atoms with van der Waals surface area (Å²) in [5.74, 6) is 0.368. The largest absolute Gasteiger partial charge is 0.490 e. The summed E-state index contributed by atoms with van der Waals surface area (Å²) in [5, 5.41) is 26.6. The van der Waals surface area contributed by atoms with Crippen molar-refractivity contribution in [3.05, 3.63) is 69.3 Å². The lowest BCUT2D eigenvalue weighted by Gasteiger charge is -2.20. The van der Waals surface area contributed by atoms with Gasteiger partial charge in [-0.2, -0.15) is 15.1 Å². The van der Waals surface area contributed by atoms with Crippen molar-refractivity contribution in [3.63, 3.8) is 0 Å². The lowest BCUT2D eigenvalue weighted by molar-refractivity contribution is -0.384. The van der Waals surface area contributed by atoms with Crippen molar-refractivity contribution in [1.82, 2.24) is 5.01 Å². The number of amides is 1. The maximum Gasteiger partial charge on any atom is 0.283 e. The van der Waals surface area contributed by atoms with Crippen LogP contribution in [0.5, 0.6) is 11.5 Å². The molecule has 0 saturated heterocycles. The molecule has 35 heavy (non-hydrogen) atoms. The van der Waals surface area contributed by atoms with Crippen LogP contribution in [0, 0.1) is 28.4 Å². The first-order chi connectivity index (χ1) is 16.7. The molecule has 0 aliphatic carbocycles. The number of nitro benzene ring substituents is 1. The van der Waals surface area contributed by atoms with E-state index in [0.29, 0.717) is 16.7 Å². The lowest BCUT2D eigenvalue weighted by atomic mass is 10.1. The summed E-state index contributed by atoms with van der Waals surface area (Å²) in [4.78, 5) is 27.6. The molecule has 1 N–H and O–H groups in total. The highest BCUT2D eigenvalue weighted by molar-refractivity contribution is 8.27. The Morgan fingerprint density at radius 2 is 1.97 bits per heavy atom. The molecule has 2 heterocycles. The minimum Gasteiger partial charge on any atom is -0.490 e. The number of hydrogen-bond donors (Lipinski definition) is 1. The minimum atomic E-state index is -0.616. The minimum absolute atomic E-state index is 0.0375. The highest BCUT2D eigenvalue weighted by Gasteiger charge is 2.36. The number of nitro groups is 1. The number of carbonyl (C=O) groups is 1. The number of amidine groups is 2. The quantitative estimate of drug-likeness (QED) is 0.245. The summed E-state index contributed by atoms with van der Waals surface area (Å²) in [6.07, 6.45) is 1.38. The summed E-state index contributed by atoms with van der Waals surface area (Å²) in [6.45, 7) is 6.30. The number of carbonyl (C=O) groups excluding carboxylic acids is 1. The van der Waals surface area contributed by atoms with Gasteiger partial charge in [-0.05, 0) is 48.5 Å². The SMILES string of the molecule is Cc1cccc(OCCOc2ccc([N+](=O)[O-])cc2C=C2C(=N)N3N=C(C(C)C)SC3=NC2=O)c1. The molecule has 0 saturated carbocycles. The van der Waals surface area contributed by atoms with Crippen LogP contribution in [0.1, 0.15) is 25.0 Å². The third-order valence-corrected chi connectivity index (χ3v) is 6.28. The summed E-state index contributed by atoms with van der Waals surface area (Å²) < 4.78 is 11.5. The van der Waals surface area contributed by atoms with E-state index in [1.165, 1.54) is 41.0 Å². The van der Waals surface area contributed by atoms with Gasteiger partial charge in [-0.1, -0.05) is 26.0 Å². The summed E-state index contributed by atoms with van der Waals surface area (Å²) in [5.41, 5.74) is 1.14. The van der Waals surface area contributed by atoms with Crippen molar-refractivity contribution in [2.24, 2.45) is 16.0 Å². The summed E-state index contributed by atoms with van der Waals surface area (Å²) in [7, 11) is 0. The standard InChI is InChI=1S/C24H23N5O5S/c1-14(2)23-27-28-21(25)19(22(30)26-24(28)35-23)13-16-12-17(29(31)32)7-8-20(16)34-10-9-33-18-6-4-5-15(3)11-18/h4-8,11-14,25H,9-10H2,1-3H3. The average Bonchev–Trinajstić information content (AvgIpc) is 3.24. The van der Waals surface area contributed by atoms with E-state index in [1.807, 2.05) is 45.0 Å². The summed E-state index contributed by atoms with van der Waals surface area (Å²) >= 11 is 1.25. The number of non-ortho nitro benzene ring substituents is 1. The van der Waals surface area contributed by atoms with Crippen molar-refractivity contribution in [3.8, 4) is 11.5 Å². The highest BCUT2D eigenvalue weighted by Crippen LogP contribution is 2.32. The monoisotopic (exact) mass is 493 g/mol. The molecule has 10 nitrogen and oxygen atoms in total. The number of hydrogen-bond acceptors (Lipinski definition) is 8. The Morgan fingerprint density at radius 1 is 1.20 bits per heavy atom. The second-order valence-corrected chi connectivity index (χ2v) is 9.09. The molecule has 2 aliphatic heterocycles. The van der Waals surface area contributed by atoms with Crippen LogP contribution in [0.15, 0.2) is 58.1 Å². The van der Waals surface area contributed by atoms with Crippen LogP contribution in [-0.2, 0) is 4.79 Å². The van der Waals surface area contributed by atoms with Gasteiger partial charge in [0, 0.05) is 23.6 Å². The molecule has 2 aromatic carbocycles. The zero-order chi connectivity index (χ0) is 25.1. The first-order valence-corrected chi connectivity index (χ1v) is 11.7. The van der Waals surface area contributed by atoms with E-state index in [4.69, 9.17) is 14.9 Å². The molecule has 0 unspecified atom stereocenters. The fourth-order valence-corrected chi connectivity index (χ4v) is 4.20. The number of hydrazone groups is 1. The molecule has 0 bridgehead atoms. The molecular weight excluding hydrogens is 470 g/mol. The fraction of sp³-hybridized carbons (Fsp3) is 0.250. The normalized spacial score (nSPS) is 16.3. The first-order valence-electron chi connectivity index (χ1n) is 10.8. The van der Waals surface area contributed by atoms with Crippen molar-refractivity contribution in [2.75, 3.05) is 13.2 Å². The second-order valence-electron chi connectivity index (χ2n) is 8.11. The number of benzene rings is 2. The van der Waals surface area contributed by atoms with Gasteiger partial charge in [0.05, 0.1) is 10.5 Å². The molecule has 0 aromatic heterocycles. The predicted octanol–water partition coefficient (Wildman–Crippen LogP) is 4.64. The molecule has 11 heteroatoms. The fourth-order valence-electron chi connectivity index (χ4n) is 3.31. The Balaban J connectivity index is 1.57. The number of aryl methyl sites for hydroxylation is 1. The van der Waals surface area contributed by atoms with Gasteiger partial charge in [-0.3, -0.25) is 20.3 Å². The maximum atomic E-state index is 12.7. The molecule has 2 aliphatic rings. The van der Waals surface area contributed by atoms with E-state index >= 15 is 0 Å². The van der Waals surface area contributed by atoms with Crippen LogP contribution in [0.2, 0.25) is 0 Å².